The lowest BCUT2D eigenvalue weighted by Crippen LogP contribution is -2.60. The van der Waals surface area contributed by atoms with Crippen LogP contribution in [0.2, 0.25) is 0 Å². The molecule has 0 saturated carbocycles. The Bertz CT molecular complexity index is 393. The molecule has 114 valence electrons. The fourth-order valence-electron chi connectivity index (χ4n) is 1.89. The zero-order chi connectivity index (χ0) is 15.4. The molecule has 0 aliphatic carbocycles. The average molecular weight is 290 g/mol. The summed E-state index contributed by atoms with van der Waals surface area (Å²) in [5.74, 6) is -2.01. The highest BCUT2D eigenvalue weighted by Gasteiger charge is 2.49. The molecule has 0 spiro atoms. The highest BCUT2D eigenvalue weighted by molar-refractivity contribution is 5.68. The number of aliphatic hydroxyl groups is 1. The van der Waals surface area contributed by atoms with Crippen molar-refractivity contribution < 1.29 is 38.4 Å². The summed E-state index contributed by atoms with van der Waals surface area (Å²) >= 11 is 0. The lowest BCUT2D eigenvalue weighted by molar-refractivity contribution is -0.290. The summed E-state index contributed by atoms with van der Waals surface area (Å²) in [4.78, 5) is 33.3. The van der Waals surface area contributed by atoms with E-state index in [2.05, 4.69) is 0 Å². The summed E-state index contributed by atoms with van der Waals surface area (Å²) in [6.45, 7) is 4.96. The summed E-state index contributed by atoms with van der Waals surface area (Å²) in [7, 11) is 0. The van der Waals surface area contributed by atoms with E-state index < -0.39 is 48.6 Å². The fourth-order valence-corrected chi connectivity index (χ4v) is 1.89. The summed E-state index contributed by atoms with van der Waals surface area (Å²) in [6.07, 6.45) is -5.64. The molecule has 0 aromatic rings. The van der Waals surface area contributed by atoms with E-state index in [-0.39, 0.29) is 0 Å². The maximum Gasteiger partial charge on any atom is 0.305 e. The predicted molar refractivity (Wildman–Crippen MR) is 63.2 cm³/mol. The third-order valence-corrected chi connectivity index (χ3v) is 2.64. The molecule has 0 aromatic carbocycles. The number of hydrogen-bond donors (Lipinski definition) is 1. The smallest absolute Gasteiger partial charge is 0.305 e. The Balaban J connectivity index is 3.00. The van der Waals surface area contributed by atoms with Crippen molar-refractivity contribution in [1.82, 2.24) is 0 Å². The van der Waals surface area contributed by atoms with Crippen molar-refractivity contribution >= 4 is 17.9 Å². The Morgan fingerprint density at radius 2 is 1.35 bits per heavy atom. The van der Waals surface area contributed by atoms with Crippen molar-refractivity contribution in [3.63, 3.8) is 0 Å². The van der Waals surface area contributed by atoms with Gasteiger partial charge in [0.2, 0.25) is 12.4 Å². The van der Waals surface area contributed by atoms with Gasteiger partial charge in [-0.05, 0) is 6.92 Å². The standard InChI is InChI=1S/C12H18O8/c1-5-9(16)10(18-6(2)13)11(19-7(3)14)12(17-5)20-8(4)15/h5,9-12,16H,1-4H3/t5-,9-,10+,11+,12+/m0/s1. The fraction of sp³-hybridized carbons (Fsp3) is 0.750. The van der Waals surface area contributed by atoms with E-state index in [1.165, 1.54) is 6.92 Å². The number of ether oxygens (including phenoxy) is 4. The van der Waals surface area contributed by atoms with E-state index >= 15 is 0 Å². The molecule has 20 heavy (non-hydrogen) atoms. The molecular weight excluding hydrogens is 272 g/mol. The molecule has 8 nitrogen and oxygen atoms in total. The van der Waals surface area contributed by atoms with Crippen molar-refractivity contribution in [3.05, 3.63) is 0 Å². The minimum atomic E-state index is -1.25. The van der Waals surface area contributed by atoms with Gasteiger partial charge in [-0.3, -0.25) is 14.4 Å². The van der Waals surface area contributed by atoms with Crippen molar-refractivity contribution in [2.45, 2.75) is 58.4 Å². The number of esters is 3. The highest BCUT2D eigenvalue weighted by Crippen LogP contribution is 2.27. The molecule has 1 rings (SSSR count). The van der Waals surface area contributed by atoms with E-state index in [1.807, 2.05) is 0 Å². The maximum atomic E-state index is 11.1. The maximum absolute atomic E-state index is 11.1. The first-order valence-corrected chi connectivity index (χ1v) is 6.07. The Labute approximate surface area is 115 Å². The van der Waals surface area contributed by atoms with Gasteiger partial charge in [-0.25, -0.2) is 0 Å². The first-order chi connectivity index (χ1) is 9.22. The van der Waals surface area contributed by atoms with Crippen molar-refractivity contribution in [3.8, 4) is 0 Å². The van der Waals surface area contributed by atoms with Gasteiger partial charge in [0.05, 0.1) is 6.10 Å². The Kier molecular flexibility index (Phi) is 5.46. The monoisotopic (exact) mass is 290 g/mol. The Morgan fingerprint density at radius 1 is 0.900 bits per heavy atom. The number of carbonyl (C=O) groups is 3. The van der Waals surface area contributed by atoms with E-state index in [0.717, 1.165) is 20.8 Å². The van der Waals surface area contributed by atoms with Crippen LogP contribution in [0, 0.1) is 0 Å². The molecule has 5 atom stereocenters. The van der Waals surface area contributed by atoms with E-state index in [0.29, 0.717) is 0 Å². The van der Waals surface area contributed by atoms with Crippen molar-refractivity contribution in [1.29, 1.82) is 0 Å². The second-order valence-corrected chi connectivity index (χ2v) is 4.46. The van der Waals surface area contributed by atoms with Crippen LogP contribution in [-0.4, -0.2) is 53.7 Å². The molecule has 1 fully saturated rings. The third-order valence-electron chi connectivity index (χ3n) is 2.64. The quantitative estimate of drug-likeness (QED) is 0.548. The largest absolute Gasteiger partial charge is 0.455 e. The van der Waals surface area contributed by atoms with Gasteiger partial charge in [0, 0.05) is 20.8 Å². The van der Waals surface area contributed by atoms with Gasteiger partial charge < -0.3 is 24.1 Å². The van der Waals surface area contributed by atoms with Gasteiger partial charge in [0.25, 0.3) is 0 Å². The van der Waals surface area contributed by atoms with E-state index in [4.69, 9.17) is 18.9 Å². The van der Waals surface area contributed by atoms with Crippen LogP contribution in [0.3, 0.4) is 0 Å². The summed E-state index contributed by atoms with van der Waals surface area (Å²) in [5, 5.41) is 9.99. The number of carbonyl (C=O) groups excluding carboxylic acids is 3. The van der Waals surface area contributed by atoms with Crippen LogP contribution in [0.25, 0.3) is 0 Å². The van der Waals surface area contributed by atoms with Crippen LogP contribution < -0.4 is 0 Å². The summed E-state index contributed by atoms with van der Waals surface area (Å²) < 4.78 is 20.1. The van der Waals surface area contributed by atoms with Gasteiger partial charge >= 0.3 is 17.9 Å². The molecular formula is C12H18O8. The predicted octanol–water partition coefficient (Wildman–Crippen LogP) is -0.481. The van der Waals surface area contributed by atoms with Crippen LogP contribution in [0.5, 0.6) is 0 Å². The lowest BCUT2D eigenvalue weighted by Gasteiger charge is -2.41. The van der Waals surface area contributed by atoms with Gasteiger partial charge in [0.15, 0.2) is 6.10 Å². The molecule has 1 heterocycles. The highest BCUT2D eigenvalue weighted by atomic mass is 16.7. The van der Waals surface area contributed by atoms with Crippen molar-refractivity contribution in [2.75, 3.05) is 0 Å². The molecule has 0 bridgehead atoms. The number of hydrogen-bond acceptors (Lipinski definition) is 8. The SMILES string of the molecule is CC(=O)O[C@H]1O[C@@H](C)[C@H](O)[C@@H](OC(C)=O)[C@H]1OC(C)=O. The molecule has 1 aliphatic rings. The lowest BCUT2D eigenvalue weighted by atomic mass is 9.99. The number of rotatable bonds is 3. The zero-order valence-corrected chi connectivity index (χ0v) is 11.7. The average Bonchev–Trinajstić information content (AvgIpc) is 2.28. The number of aliphatic hydroxyl groups excluding tert-OH is 1. The third kappa shape index (κ3) is 4.17. The zero-order valence-electron chi connectivity index (χ0n) is 11.7. The summed E-state index contributed by atoms with van der Waals surface area (Å²) in [6, 6.07) is 0. The topological polar surface area (TPSA) is 108 Å². The van der Waals surface area contributed by atoms with E-state index in [9.17, 15) is 19.5 Å². The first kappa shape index (κ1) is 16.4. The molecule has 0 aromatic heterocycles. The molecule has 0 radical (unpaired) electrons. The van der Waals surface area contributed by atoms with Gasteiger partial charge in [-0.1, -0.05) is 0 Å². The second-order valence-electron chi connectivity index (χ2n) is 4.46. The van der Waals surface area contributed by atoms with Crippen LogP contribution in [0.4, 0.5) is 0 Å². The normalized spacial score (nSPS) is 33.1. The van der Waals surface area contributed by atoms with Crippen LogP contribution in [0.1, 0.15) is 27.7 Å². The molecule has 1 aliphatic heterocycles. The Morgan fingerprint density at radius 3 is 1.80 bits per heavy atom. The van der Waals surface area contributed by atoms with Crippen LogP contribution in [0.15, 0.2) is 0 Å². The minimum absolute atomic E-state index is 0.655. The van der Waals surface area contributed by atoms with Crippen LogP contribution in [-0.2, 0) is 33.3 Å². The Hall–Kier alpha value is -1.67. The molecule has 0 unspecified atom stereocenters. The van der Waals surface area contributed by atoms with Crippen molar-refractivity contribution in [2.24, 2.45) is 0 Å². The first-order valence-electron chi connectivity index (χ1n) is 6.07. The minimum Gasteiger partial charge on any atom is -0.455 e. The molecule has 0 amide bonds. The van der Waals surface area contributed by atoms with Gasteiger partial charge in [-0.2, -0.15) is 0 Å². The second kappa shape index (κ2) is 6.67. The molecule has 8 heteroatoms. The van der Waals surface area contributed by atoms with E-state index in [1.54, 1.807) is 0 Å². The van der Waals surface area contributed by atoms with Crippen LogP contribution >= 0.6 is 0 Å². The summed E-state index contributed by atoms with van der Waals surface area (Å²) in [5.41, 5.74) is 0. The van der Waals surface area contributed by atoms with Gasteiger partial charge in [0.1, 0.15) is 6.10 Å². The van der Waals surface area contributed by atoms with Gasteiger partial charge in [-0.15, -0.1) is 0 Å². The molecule has 1 saturated heterocycles. The molecule has 1 N–H and O–H groups in total.